The summed E-state index contributed by atoms with van der Waals surface area (Å²) in [5, 5.41) is 9.93. The summed E-state index contributed by atoms with van der Waals surface area (Å²) in [4.78, 5) is 13.2. The summed E-state index contributed by atoms with van der Waals surface area (Å²) in [7, 11) is 1.37. The molecule has 0 saturated carbocycles. The van der Waals surface area contributed by atoms with Crippen molar-refractivity contribution in [1.82, 2.24) is 0 Å². The van der Waals surface area contributed by atoms with E-state index in [1.54, 1.807) is 4.90 Å². The van der Waals surface area contributed by atoms with Crippen LogP contribution in [0.15, 0.2) is 24.3 Å². The predicted molar refractivity (Wildman–Crippen MR) is 60.4 cm³/mol. The molecule has 4 heteroatoms. The van der Waals surface area contributed by atoms with Gasteiger partial charge >= 0.3 is 6.09 Å². The zero-order chi connectivity index (χ0) is 11.5. The number of rotatable bonds is 0. The van der Waals surface area contributed by atoms with Crippen molar-refractivity contribution in [3.8, 4) is 0 Å². The highest BCUT2D eigenvalue weighted by atomic mass is 16.5. The first-order valence-electron chi connectivity index (χ1n) is 5.36. The highest BCUT2D eigenvalue weighted by Gasteiger charge is 2.25. The maximum Gasteiger partial charge on any atom is 0.414 e. The van der Waals surface area contributed by atoms with E-state index in [9.17, 15) is 9.90 Å². The lowest BCUT2D eigenvalue weighted by atomic mass is 10.1. The van der Waals surface area contributed by atoms with Crippen molar-refractivity contribution in [3.05, 3.63) is 29.8 Å². The second-order valence-electron chi connectivity index (χ2n) is 3.84. The first-order chi connectivity index (χ1) is 7.74. The molecule has 0 aromatic heterocycles. The molecule has 4 nitrogen and oxygen atoms in total. The number of nitrogens with zero attached hydrogens (tertiary/aromatic N) is 1. The van der Waals surface area contributed by atoms with Crippen molar-refractivity contribution in [2.75, 3.05) is 18.6 Å². The maximum absolute atomic E-state index is 11.6. The Hall–Kier alpha value is -1.55. The van der Waals surface area contributed by atoms with E-state index in [-0.39, 0.29) is 6.09 Å². The summed E-state index contributed by atoms with van der Waals surface area (Å²) in [6.45, 7) is 0.584. The van der Waals surface area contributed by atoms with Gasteiger partial charge in [0.05, 0.1) is 18.9 Å². The van der Waals surface area contributed by atoms with E-state index in [0.717, 1.165) is 17.7 Å². The number of fused-ring (bicyclic) bond motifs is 1. The Morgan fingerprint density at radius 3 is 3.00 bits per heavy atom. The van der Waals surface area contributed by atoms with Gasteiger partial charge in [0.2, 0.25) is 0 Å². The van der Waals surface area contributed by atoms with E-state index < -0.39 is 6.10 Å². The molecule has 1 heterocycles. The molecular weight excluding hydrogens is 206 g/mol. The molecule has 1 N–H and O–H groups in total. The lowest BCUT2D eigenvalue weighted by Gasteiger charge is -2.21. The van der Waals surface area contributed by atoms with E-state index in [0.29, 0.717) is 13.0 Å². The normalized spacial score (nSPS) is 19.9. The molecule has 0 fully saturated rings. The summed E-state index contributed by atoms with van der Waals surface area (Å²) in [5.74, 6) is 0. The number of benzene rings is 1. The van der Waals surface area contributed by atoms with Gasteiger partial charge in [-0.1, -0.05) is 18.2 Å². The van der Waals surface area contributed by atoms with E-state index in [1.165, 1.54) is 7.11 Å². The Balaban J connectivity index is 2.42. The van der Waals surface area contributed by atoms with Crippen molar-refractivity contribution in [1.29, 1.82) is 0 Å². The molecule has 1 aromatic rings. The fraction of sp³-hybridized carbons (Fsp3) is 0.417. The molecule has 0 aliphatic carbocycles. The molecule has 86 valence electrons. The van der Waals surface area contributed by atoms with Crippen LogP contribution in [0, 0.1) is 0 Å². The topological polar surface area (TPSA) is 49.8 Å². The molecule has 1 atom stereocenters. The van der Waals surface area contributed by atoms with Gasteiger partial charge in [0.1, 0.15) is 0 Å². The lowest BCUT2D eigenvalue weighted by Crippen LogP contribution is -2.31. The Kier molecular flexibility index (Phi) is 3.10. The molecule has 0 saturated heterocycles. The summed E-state index contributed by atoms with van der Waals surface area (Å²) >= 11 is 0. The van der Waals surface area contributed by atoms with Gasteiger partial charge in [-0.2, -0.15) is 0 Å². The number of methoxy groups -OCH3 is 1. The smallest absolute Gasteiger partial charge is 0.414 e. The third-order valence-corrected chi connectivity index (χ3v) is 2.84. The highest BCUT2D eigenvalue weighted by Crippen LogP contribution is 2.32. The number of carbonyl (C=O) groups is 1. The summed E-state index contributed by atoms with van der Waals surface area (Å²) in [5.41, 5.74) is 1.55. The predicted octanol–water partition coefficient (Wildman–Crippen LogP) is 2.09. The van der Waals surface area contributed by atoms with Crippen molar-refractivity contribution in [2.45, 2.75) is 18.9 Å². The SMILES string of the molecule is COC(=O)N1CCCC(O)c2ccccc21. The molecule has 2 rings (SSSR count). The molecule has 0 spiro atoms. The molecule has 1 aliphatic heterocycles. The molecule has 1 aromatic carbocycles. The molecule has 0 radical (unpaired) electrons. The molecular formula is C12H15NO3. The number of aliphatic hydroxyl groups excluding tert-OH is 1. The standard InChI is InChI=1S/C12H15NO3/c1-16-12(15)13-8-4-7-11(14)9-5-2-3-6-10(9)13/h2-3,5-6,11,14H,4,7-8H2,1H3. The number of para-hydroxylation sites is 1. The van der Waals surface area contributed by atoms with Gasteiger partial charge in [-0.15, -0.1) is 0 Å². The molecule has 1 amide bonds. The minimum atomic E-state index is -0.495. The van der Waals surface area contributed by atoms with Crippen molar-refractivity contribution < 1.29 is 14.6 Å². The largest absolute Gasteiger partial charge is 0.452 e. The lowest BCUT2D eigenvalue weighted by molar-refractivity contribution is 0.168. The van der Waals surface area contributed by atoms with Gasteiger partial charge in [-0.05, 0) is 18.9 Å². The minimum Gasteiger partial charge on any atom is -0.452 e. The van der Waals surface area contributed by atoms with Gasteiger partial charge in [-0.3, -0.25) is 4.90 Å². The average molecular weight is 221 g/mol. The summed E-state index contributed by atoms with van der Waals surface area (Å²) in [6, 6.07) is 7.40. The van der Waals surface area contributed by atoms with Crippen LogP contribution in [-0.4, -0.2) is 24.9 Å². The zero-order valence-electron chi connectivity index (χ0n) is 9.22. The third-order valence-electron chi connectivity index (χ3n) is 2.84. The van der Waals surface area contributed by atoms with E-state index in [2.05, 4.69) is 0 Å². The van der Waals surface area contributed by atoms with Gasteiger partial charge < -0.3 is 9.84 Å². The van der Waals surface area contributed by atoms with E-state index in [4.69, 9.17) is 4.74 Å². The van der Waals surface area contributed by atoms with E-state index >= 15 is 0 Å². The number of hydrogen-bond acceptors (Lipinski definition) is 3. The van der Waals surface area contributed by atoms with Crippen LogP contribution in [0.4, 0.5) is 10.5 Å². The monoisotopic (exact) mass is 221 g/mol. The number of hydrogen-bond donors (Lipinski definition) is 1. The van der Waals surface area contributed by atoms with Crippen molar-refractivity contribution in [3.63, 3.8) is 0 Å². The van der Waals surface area contributed by atoms with Crippen LogP contribution in [0.5, 0.6) is 0 Å². The van der Waals surface area contributed by atoms with Gasteiger partial charge in [0.15, 0.2) is 0 Å². The molecule has 0 bridgehead atoms. The number of aliphatic hydroxyl groups is 1. The average Bonchev–Trinajstić information content (AvgIpc) is 2.49. The van der Waals surface area contributed by atoms with Crippen LogP contribution in [0.25, 0.3) is 0 Å². The van der Waals surface area contributed by atoms with Crippen LogP contribution in [0.1, 0.15) is 24.5 Å². The fourth-order valence-corrected chi connectivity index (χ4v) is 2.03. The van der Waals surface area contributed by atoms with Crippen molar-refractivity contribution in [2.24, 2.45) is 0 Å². The Morgan fingerprint density at radius 2 is 2.25 bits per heavy atom. The molecule has 1 aliphatic rings. The van der Waals surface area contributed by atoms with Crippen LogP contribution in [0.2, 0.25) is 0 Å². The van der Waals surface area contributed by atoms with E-state index in [1.807, 2.05) is 24.3 Å². The number of carbonyl (C=O) groups excluding carboxylic acids is 1. The first-order valence-corrected chi connectivity index (χ1v) is 5.36. The van der Waals surface area contributed by atoms with Gasteiger partial charge in [0.25, 0.3) is 0 Å². The van der Waals surface area contributed by atoms with Crippen LogP contribution < -0.4 is 4.90 Å². The fourth-order valence-electron chi connectivity index (χ4n) is 2.03. The van der Waals surface area contributed by atoms with Gasteiger partial charge in [0, 0.05) is 12.1 Å². The molecule has 1 unspecified atom stereocenters. The third kappa shape index (κ3) is 1.88. The highest BCUT2D eigenvalue weighted by molar-refractivity contribution is 5.88. The Morgan fingerprint density at radius 1 is 1.50 bits per heavy atom. The van der Waals surface area contributed by atoms with Crippen LogP contribution >= 0.6 is 0 Å². The van der Waals surface area contributed by atoms with Gasteiger partial charge in [-0.25, -0.2) is 4.79 Å². The number of anilines is 1. The quantitative estimate of drug-likeness (QED) is 0.729. The minimum absolute atomic E-state index is 0.374. The second-order valence-corrected chi connectivity index (χ2v) is 3.84. The van der Waals surface area contributed by atoms with Crippen molar-refractivity contribution >= 4 is 11.8 Å². The summed E-state index contributed by atoms with van der Waals surface area (Å²) in [6.07, 6.45) is 0.572. The molecule has 16 heavy (non-hydrogen) atoms. The maximum atomic E-state index is 11.6. The Bertz CT molecular complexity index is 392. The number of ether oxygens (including phenoxy) is 1. The number of amides is 1. The second kappa shape index (κ2) is 4.53. The zero-order valence-corrected chi connectivity index (χ0v) is 9.22. The van der Waals surface area contributed by atoms with Crippen LogP contribution in [0.3, 0.4) is 0 Å². The Labute approximate surface area is 94.4 Å². The first kappa shape index (κ1) is 11.0. The summed E-state index contributed by atoms with van der Waals surface area (Å²) < 4.78 is 4.74. The van der Waals surface area contributed by atoms with Crippen LogP contribution in [-0.2, 0) is 4.74 Å².